The van der Waals surface area contributed by atoms with Gasteiger partial charge in [0.2, 0.25) is 0 Å². The van der Waals surface area contributed by atoms with Crippen molar-refractivity contribution < 1.29 is 14.3 Å². The summed E-state index contributed by atoms with van der Waals surface area (Å²) in [5.41, 5.74) is 1.38. The molecule has 0 saturated carbocycles. The third kappa shape index (κ3) is 2.70. The minimum atomic E-state index is -0.474. The number of rotatable bonds is 4. The molecule has 0 aliphatic carbocycles. The molecule has 2 heterocycles. The van der Waals surface area contributed by atoms with Crippen LogP contribution in [-0.2, 0) is 9.53 Å². The zero-order valence-corrected chi connectivity index (χ0v) is 10.7. The van der Waals surface area contributed by atoms with Crippen LogP contribution in [0.4, 0.5) is 0 Å². The molecule has 2 aromatic rings. The fraction of sp³-hybridized carbons (Fsp3) is 0.333. The lowest BCUT2D eigenvalue weighted by molar-refractivity contribution is -0.141. The van der Waals surface area contributed by atoms with Gasteiger partial charge in [-0.05, 0) is 19.9 Å². The SMILES string of the molecule is CCOC(=O)CNC(=O)c1c(C)nn2cccnc12. The normalized spacial score (nSPS) is 10.4. The van der Waals surface area contributed by atoms with Crippen LogP contribution in [0.2, 0.25) is 0 Å². The highest BCUT2D eigenvalue weighted by Crippen LogP contribution is 2.12. The summed E-state index contributed by atoms with van der Waals surface area (Å²) < 4.78 is 6.26. The molecule has 7 nitrogen and oxygen atoms in total. The van der Waals surface area contributed by atoms with Crippen LogP contribution in [0.5, 0.6) is 0 Å². The van der Waals surface area contributed by atoms with Gasteiger partial charge in [0.15, 0.2) is 5.65 Å². The summed E-state index contributed by atoms with van der Waals surface area (Å²) in [6.45, 7) is 3.54. The Balaban J connectivity index is 2.17. The maximum absolute atomic E-state index is 12.0. The van der Waals surface area contributed by atoms with Gasteiger partial charge in [-0.2, -0.15) is 5.10 Å². The second-order valence-corrected chi connectivity index (χ2v) is 3.84. The molecule has 0 unspecified atom stereocenters. The van der Waals surface area contributed by atoms with E-state index in [1.807, 2.05) is 0 Å². The Labute approximate surface area is 109 Å². The predicted molar refractivity (Wildman–Crippen MR) is 66.7 cm³/mol. The molecular weight excluding hydrogens is 248 g/mol. The molecule has 1 amide bonds. The van der Waals surface area contributed by atoms with Gasteiger partial charge in [0.05, 0.1) is 12.3 Å². The number of carbonyl (C=O) groups excluding carboxylic acids is 2. The molecule has 0 saturated heterocycles. The Hall–Kier alpha value is -2.44. The molecule has 0 atom stereocenters. The van der Waals surface area contributed by atoms with Gasteiger partial charge in [-0.25, -0.2) is 9.50 Å². The summed E-state index contributed by atoms with van der Waals surface area (Å²) >= 11 is 0. The van der Waals surface area contributed by atoms with Crippen molar-refractivity contribution in [2.45, 2.75) is 13.8 Å². The quantitative estimate of drug-likeness (QED) is 0.802. The number of amides is 1. The highest BCUT2D eigenvalue weighted by atomic mass is 16.5. The molecule has 0 spiro atoms. The zero-order valence-electron chi connectivity index (χ0n) is 10.7. The highest BCUT2D eigenvalue weighted by Gasteiger charge is 2.18. The molecular formula is C12H14N4O3. The van der Waals surface area contributed by atoms with E-state index in [4.69, 9.17) is 4.74 Å². The summed E-state index contributed by atoms with van der Waals surface area (Å²) in [6, 6.07) is 1.72. The lowest BCUT2D eigenvalue weighted by Gasteiger charge is -2.04. The largest absolute Gasteiger partial charge is 0.465 e. The standard InChI is InChI=1S/C12H14N4O3/c1-3-19-9(17)7-14-12(18)10-8(2)15-16-6-4-5-13-11(10)16/h4-6H,3,7H2,1-2H3,(H,14,18). The van der Waals surface area contributed by atoms with Crippen molar-refractivity contribution in [1.29, 1.82) is 0 Å². The van der Waals surface area contributed by atoms with Gasteiger partial charge in [0.1, 0.15) is 12.1 Å². The monoisotopic (exact) mass is 262 g/mol. The van der Waals surface area contributed by atoms with Crippen LogP contribution >= 0.6 is 0 Å². The Kier molecular flexibility index (Phi) is 3.74. The van der Waals surface area contributed by atoms with Crippen LogP contribution in [0.3, 0.4) is 0 Å². The smallest absolute Gasteiger partial charge is 0.325 e. The molecule has 0 bridgehead atoms. The molecule has 100 valence electrons. The maximum atomic E-state index is 12.0. The first-order chi connectivity index (χ1) is 9.13. The summed E-state index contributed by atoms with van der Waals surface area (Å²) in [6.07, 6.45) is 3.29. The van der Waals surface area contributed by atoms with E-state index in [9.17, 15) is 9.59 Å². The lowest BCUT2D eigenvalue weighted by atomic mass is 10.2. The molecule has 0 fully saturated rings. The molecule has 0 aliphatic heterocycles. The van der Waals surface area contributed by atoms with Crippen molar-refractivity contribution in [2.75, 3.05) is 13.2 Å². The number of ether oxygens (including phenoxy) is 1. The van der Waals surface area contributed by atoms with E-state index >= 15 is 0 Å². The molecule has 0 radical (unpaired) electrons. The minimum Gasteiger partial charge on any atom is -0.465 e. The Morgan fingerprint density at radius 3 is 3.00 bits per heavy atom. The maximum Gasteiger partial charge on any atom is 0.325 e. The van der Waals surface area contributed by atoms with Crippen molar-refractivity contribution >= 4 is 17.5 Å². The van der Waals surface area contributed by atoms with Crippen LogP contribution in [0.1, 0.15) is 23.0 Å². The number of hydrogen-bond donors (Lipinski definition) is 1. The Morgan fingerprint density at radius 1 is 1.47 bits per heavy atom. The number of aromatic nitrogens is 3. The van der Waals surface area contributed by atoms with Crippen molar-refractivity contribution in [1.82, 2.24) is 19.9 Å². The van der Waals surface area contributed by atoms with Crippen molar-refractivity contribution in [3.05, 3.63) is 29.7 Å². The van der Waals surface area contributed by atoms with E-state index in [0.717, 1.165) is 0 Å². The van der Waals surface area contributed by atoms with Gasteiger partial charge in [0, 0.05) is 12.4 Å². The average Bonchev–Trinajstić information content (AvgIpc) is 2.72. The Morgan fingerprint density at radius 2 is 2.26 bits per heavy atom. The van der Waals surface area contributed by atoms with E-state index < -0.39 is 5.97 Å². The summed E-state index contributed by atoms with van der Waals surface area (Å²) in [7, 11) is 0. The van der Waals surface area contributed by atoms with Crippen molar-refractivity contribution in [3.63, 3.8) is 0 Å². The van der Waals surface area contributed by atoms with Crippen LogP contribution < -0.4 is 5.32 Å². The molecule has 0 aromatic carbocycles. The van der Waals surface area contributed by atoms with E-state index in [1.165, 1.54) is 4.52 Å². The first kappa shape index (κ1) is 13.0. The van der Waals surface area contributed by atoms with Gasteiger partial charge >= 0.3 is 5.97 Å². The lowest BCUT2D eigenvalue weighted by Crippen LogP contribution is -2.31. The number of carbonyl (C=O) groups is 2. The molecule has 2 rings (SSSR count). The number of fused-ring (bicyclic) bond motifs is 1. The number of aryl methyl sites for hydroxylation is 1. The van der Waals surface area contributed by atoms with Gasteiger partial charge < -0.3 is 10.1 Å². The van der Waals surface area contributed by atoms with E-state index in [-0.39, 0.29) is 19.1 Å². The number of nitrogens with one attached hydrogen (secondary N) is 1. The van der Waals surface area contributed by atoms with Crippen LogP contribution in [0, 0.1) is 6.92 Å². The van der Waals surface area contributed by atoms with E-state index in [0.29, 0.717) is 16.9 Å². The average molecular weight is 262 g/mol. The number of nitrogens with zero attached hydrogens (tertiary/aromatic N) is 3. The van der Waals surface area contributed by atoms with Gasteiger partial charge in [-0.3, -0.25) is 9.59 Å². The third-order valence-electron chi connectivity index (χ3n) is 2.50. The van der Waals surface area contributed by atoms with Gasteiger partial charge in [0.25, 0.3) is 5.91 Å². The zero-order chi connectivity index (χ0) is 13.8. The minimum absolute atomic E-state index is 0.170. The summed E-state index contributed by atoms with van der Waals surface area (Å²) in [5.74, 6) is -0.864. The Bertz CT molecular complexity index is 620. The van der Waals surface area contributed by atoms with Crippen molar-refractivity contribution in [2.24, 2.45) is 0 Å². The van der Waals surface area contributed by atoms with E-state index in [1.54, 1.807) is 32.3 Å². The number of esters is 1. The fourth-order valence-electron chi connectivity index (χ4n) is 1.72. The molecule has 1 N–H and O–H groups in total. The fourth-order valence-corrected chi connectivity index (χ4v) is 1.72. The van der Waals surface area contributed by atoms with Gasteiger partial charge in [-0.1, -0.05) is 0 Å². The second-order valence-electron chi connectivity index (χ2n) is 3.84. The van der Waals surface area contributed by atoms with Gasteiger partial charge in [-0.15, -0.1) is 0 Å². The highest BCUT2D eigenvalue weighted by molar-refractivity contribution is 6.02. The van der Waals surface area contributed by atoms with Crippen LogP contribution in [0.15, 0.2) is 18.5 Å². The molecule has 19 heavy (non-hydrogen) atoms. The third-order valence-corrected chi connectivity index (χ3v) is 2.50. The van der Waals surface area contributed by atoms with Crippen molar-refractivity contribution in [3.8, 4) is 0 Å². The topological polar surface area (TPSA) is 85.6 Å². The first-order valence-electron chi connectivity index (χ1n) is 5.87. The molecule has 2 aromatic heterocycles. The predicted octanol–water partition coefficient (Wildman–Crippen LogP) is 0.331. The first-order valence-corrected chi connectivity index (χ1v) is 5.87. The van der Waals surface area contributed by atoms with Crippen LogP contribution in [-0.4, -0.2) is 39.6 Å². The van der Waals surface area contributed by atoms with E-state index in [2.05, 4.69) is 15.4 Å². The molecule has 0 aliphatic rings. The van der Waals surface area contributed by atoms with Crippen LogP contribution in [0.25, 0.3) is 5.65 Å². The molecule has 7 heteroatoms. The summed E-state index contributed by atoms with van der Waals surface area (Å²) in [4.78, 5) is 27.3. The second kappa shape index (κ2) is 5.47. The number of hydrogen-bond acceptors (Lipinski definition) is 5. The summed E-state index contributed by atoms with van der Waals surface area (Å²) in [5, 5.41) is 6.67.